The number of nitrogens with one attached hydrogen (secondary N) is 1. The number of benzene rings is 2. The molecule has 1 aliphatic heterocycles. The molecule has 4 atom stereocenters. The Balaban J connectivity index is 1.61. The zero-order valence-corrected chi connectivity index (χ0v) is 18.8. The molecule has 0 spiro atoms. The van der Waals surface area contributed by atoms with E-state index in [2.05, 4.69) is 4.98 Å². The number of aromatic amines is 1. The summed E-state index contributed by atoms with van der Waals surface area (Å²) >= 11 is 0. The van der Waals surface area contributed by atoms with Gasteiger partial charge in [-0.3, -0.25) is 14.3 Å². The van der Waals surface area contributed by atoms with Crippen molar-refractivity contribution in [3.63, 3.8) is 0 Å². The van der Waals surface area contributed by atoms with Crippen LogP contribution in [0.1, 0.15) is 22.9 Å². The van der Waals surface area contributed by atoms with Crippen molar-refractivity contribution in [3.8, 4) is 0 Å². The maximum Gasteiger partial charge on any atom is 0.330 e. The highest BCUT2D eigenvalue weighted by atomic mass is 16.6. The van der Waals surface area contributed by atoms with Crippen LogP contribution in [0.5, 0.6) is 0 Å². The molecule has 0 radical (unpaired) electrons. The number of rotatable bonds is 9. The Bertz CT molecular complexity index is 1200. The second-order valence-electron chi connectivity index (χ2n) is 8.33. The molecule has 9 nitrogen and oxygen atoms in total. The minimum absolute atomic E-state index is 0.00507. The lowest BCUT2D eigenvalue weighted by atomic mass is 9.92. The average molecular weight is 469 g/mol. The van der Waals surface area contributed by atoms with Gasteiger partial charge in [0.25, 0.3) is 5.56 Å². The molecule has 0 bridgehead atoms. The minimum Gasteiger partial charge on any atom is -0.393 e. The third kappa shape index (κ3) is 4.89. The van der Waals surface area contributed by atoms with Gasteiger partial charge in [0.2, 0.25) is 0 Å². The van der Waals surface area contributed by atoms with Gasteiger partial charge in [-0.15, -0.1) is 0 Å². The molecule has 0 amide bonds. The third-order valence-electron chi connectivity index (χ3n) is 6.02. The lowest BCUT2D eigenvalue weighted by Crippen LogP contribution is -2.54. The van der Waals surface area contributed by atoms with Crippen molar-refractivity contribution in [2.75, 3.05) is 13.2 Å². The van der Waals surface area contributed by atoms with Crippen LogP contribution in [-0.4, -0.2) is 50.8 Å². The first-order chi connectivity index (χ1) is 16.4. The third-order valence-corrected chi connectivity index (χ3v) is 6.02. The molecule has 2 heterocycles. The van der Waals surface area contributed by atoms with E-state index in [0.29, 0.717) is 6.61 Å². The molecular formula is C25H28N2O7. The van der Waals surface area contributed by atoms with Crippen molar-refractivity contribution in [1.29, 1.82) is 0 Å². The van der Waals surface area contributed by atoms with Crippen LogP contribution in [0.4, 0.5) is 0 Å². The summed E-state index contributed by atoms with van der Waals surface area (Å²) in [5.74, 6) is 0. The van der Waals surface area contributed by atoms with Gasteiger partial charge in [-0.05, 0) is 18.1 Å². The topological polar surface area (TPSA) is 123 Å². The normalized spacial score (nSPS) is 24.4. The van der Waals surface area contributed by atoms with Crippen LogP contribution in [0.25, 0.3) is 0 Å². The van der Waals surface area contributed by atoms with Crippen molar-refractivity contribution in [2.45, 2.75) is 44.2 Å². The van der Waals surface area contributed by atoms with E-state index in [4.69, 9.17) is 14.2 Å². The van der Waals surface area contributed by atoms with Gasteiger partial charge in [0.15, 0.2) is 6.23 Å². The number of hydrogen-bond acceptors (Lipinski definition) is 7. The van der Waals surface area contributed by atoms with Crippen LogP contribution < -0.4 is 11.2 Å². The number of aliphatic hydroxyl groups excluding tert-OH is 2. The van der Waals surface area contributed by atoms with Crippen molar-refractivity contribution >= 4 is 0 Å². The quantitative estimate of drug-likeness (QED) is 0.432. The molecule has 180 valence electrons. The van der Waals surface area contributed by atoms with Crippen molar-refractivity contribution in [2.24, 2.45) is 0 Å². The largest absolute Gasteiger partial charge is 0.393 e. The van der Waals surface area contributed by atoms with Crippen LogP contribution >= 0.6 is 0 Å². The number of aryl methyl sites for hydroxylation is 1. The van der Waals surface area contributed by atoms with Crippen LogP contribution in [0, 0.1) is 6.92 Å². The molecule has 1 saturated heterocycles. The predicted octanol–water partition coefficient (Wildman–Crippen LogP) is 1.27. The number of aliphatic hydroxyl groups is 2. The van der Waals surface area contributed by atoms with Crippen LogP contribution in [-0.2, 0) is 27.4 Å². The SMILES string of the molecule is Cc1cn(C2O[C@H](COCc3ccccc3)[C@@](CO)(OCc3ccccc3)[C@@H]2O)c(=O)[nH]c1=O. The van der Waals surface area contributed by atoms with Crippen LogP contribution in [0.2, 0.25) is 0 Å². The molecule has 0 saturated carbocycles. The maximum absolute atomic E-state index is 12.5. The molecule has 4 rings (SSSR count). The molecule has 1 fully saturated rings. The Morgan fingerprint density at radius 2 is 1.65 bits per heavy atom. The molecule has 3 N–H and O–H groups in total. The number of H-pyrrole nitrogens is 1. The Hall–Kier alpha value is -3.08. The zero-order valence-electron chi connectivity index (χ0n) is 18.8. The van der Waals surface area contributed by atoms with Gasteiger partial charge in [-0.25, -0.2) is 4.79 Å². The molecule has 1 aromatic heterocycles. The molecule has 3 aromatic rings. The fourth-order valence-electron chi connectivity index (χ4n) is 4.03. The van der Waals surface area contributed by atoms with Crippen LogP contribution in [0.15, 0.2) is 76.4 Å². The second-order valence-corrected chi connectivity index (χ2v) is 8.33. The number of ether oxygens (including phenoxy) is 3. The van der Waals surface area contributed by atoms with E-state index >= 15 is 0 Å². The monoisotopic (exact) mass is 468 g/mol. The molecule has 1 unspecified atom stereocenters. The molecule has 0 aliphatic carbocycles. The summed E-state index contributed by atoms with van der Waals surface area (Å²) in [5, 5.41) is 21.7. The maximum atomic E-state index is 12.5. The molecule has 2 aromatic carbocycles. The highest BCUT2D eigenvalue weighted by Crippen LogP contribution is 2.40. The molecule has 9 heteroatoms. The Kier molecular flexibility index (Phi) is 7.40. The zero-order chi connectivity index (χ0) is 24.1. The minimum atomic E-state index is -1.57. The first-order valence-corrected chi connectivity index (χ1v) is 11.0. The standard InChI is InChI=1S/C25H28N2O7/c1-17-12-27(24(31)26-22(17)30)23-21(29)25(16-28,33-14-19-10-6-3-7-11-19)20(34-23)15-32-13-18-8-4-2-5-9-18/h2-12,20-21,23,28-29H,13-16H2,1H3,(H,26,30,31)/t20-,21-,23?,25-/m1/s1. The summed E-state index contributed by atoms with van der Waals surface area (Å²) in [6.07, 6.45) is -2.20. The number of aromatic nitrogens is 2. The van der Waals surface area contributed by atoms with E-state index in [9.17, 15) is 19.8 Å². The second kappa shape index (κ2) is 10.5. The first kappa shape index (κ1) is 24.1. The summed E-state index contributed by atoms with van der Waals surface area (Å²) in [7, 11) is 0. The van der Waals surface area contributed by atoms with Gasteiger partial charge in [0.05, 0.1) is 26.4 Å². The van der Waals surface area contributed by atoms with E-state index in [1.807, 2.05) is 60.7 Å². The van der Waals surface area contributed by atoms with Crippen LogP contribution in [0.3, 0.4) is 0 Å². The highest BCUT2D eigenvalue weighted by Gasteiger charge is 2.58. The molecular weight excluding hydrogens is 440 g/mol. The number of nitrogens with zero attached hydrogens (tertiary/aromatic N) is 1. The van der Waals surface area contributed by atoms with Crippen molar-refractivity contribution in [1.82, 2.24) is 9.55 Å². The van der Waals surface area contributed by atoms with Gasteiger partial charge in [-0.1, -0.05) is 60.7 Å². The highest BCUT2D eigenvalue weighted by molar-refractivity contribution is 5.15. The summed E-state index contributed by atoms with van der Waals surface area (Å²) in [5.41, 5.74) is -0.762. The van der Waals surface area contributed by atoms with Crippen molar-refractivity contribution in [3.05, 3.63) is 104 Å². The van der Waals surface area contributed by atoms with Crippen molar-refractivity contribution < 1.29 is 24.4 Å². The van der Waals surface area contributed by atoms with E-state index in [-0.39, 0.29) is 18.8 Å². The summed E-state index contributed by atoms with van der Waals surface area (Å²) in [6, 6.07) is 18.9. The van der Waals surface area contributed by atoms with E-state index < -0.39 is 41.9 Å². The van der Waals surface area contributed by atoms with Gasteiger partial charge < -0.3 is 24.4 Å². The summed E-state index contributed by atoms with van der Waals surface area (Å²) in [4.78, 5) is 26.5. The Labute approximate surface area is 196 Å². The molecule has 1 aliphatic rings. The fraction of sp³-hybridized carbons (Fsp3) is 0.360. The van der Waals surface area contributed by atoms with Gasteiger partial charge in [-0.2, -0.15) is 0 Å². The summed E-state index contributed by atoms with van der Waals surface area (Å²) < 4.78 is 19.1. The van der Waals surface area contributed by atoms with Gasteiger partial charge >= 0.3 is 5.69 Å². The van der Waals surface area contributed by atoms with Gasteiger partial charge in [0.1, 0.15) is 17.8 Å². The van der Waals surface area contributed by atoms with E-state index in [1.54, 1.807) is 6.92 Å². The smallest absolute Gasteiger partial charge is 0.330 e. The number of hydrogen-bond donors (Lipinski definition) is 3. The fourth-order valence-corrected chi connectivity index (χ4v) is 4.03. The Morgan fingerprint density at radius 3 is 2.26 bits per heavy atom. The lowest BCUT2D eigenvalue weighted by Gasteiger charge is -2.34. The van der Waals surface area contributed by atoms with E-state index in [0.717, 1.165) is 15.7 Å². The predicted molar refractivity (Wildman–Crippen MR) is 123 cm³/mol. The average Bonchev–Trinajstić information content (AvgIpc) is 3.13. The molecule has 34 heavy (non-hydrogen) atoms. The lowest BCUT2D eigenvalue weighted by molar-refractivity contribution is -0.171. The summed E-state index contributed by atoms with van der Waals surface area (Å²) in [6.45, 7) is 1.35. The van der Waals surface area contributed by atoms with Gasteiger partial charge in [0, 0.05) is 11.8 Å². The Morgan fingerprint density at radius 1 is 1.03 bits per heavy atom. The first-order valence-electron chi connectivity index (χ1n) is 11.0. The van der Waals surface area contributed by atoms with E-state index in [1.165, 1.54) is 6.20 Å².